The molecule has 0 unspecified atom stereocenters. The summed E-state index contributed by atoms with van der Waals surface area (Å²) in [5, 5.41) is 16.0. The van der Waals surface area contributed by atoms with Crippen LogP contribution in [0.3, 0.4) is 0 Å². The minimum Gasteiger partial charge on any atom is -0.311 e. The van der Waals surface area contributed by atoms with Crippen molar-refractivity contribution in [3.8, 4) is 5.69 Å². The summed E-state index contributed by atoms with van der Waals surface area (Å²) in [4.78, 5) is 0. The molecule has 0 aliphatic heterocycles. The van der Waals surface area contributed by atoms with Gasteiger partial charge >= 0.3 is 0 Å². The maximum absolute atomic E-state index is 4.07. The van der Waals surface area contributed by atoms with E-state index in [2.05, 4.69) is 41.3 Å². The van der Waals surface area contributed by atoms with Crippen LogP contribution >= 0.6 is 11.8 Å². The summed E-state index contributed by atoms with van der Waals surface area (Å²) in [5.41, 5.74) is 2.09. The quantitative estimate of drug-likeness (QED) is 0.626. The first-order chi connectivity index (χ1) is 9.66. The molecule has 20 heavy (non-hydrogen) atoms. The zero-order chi connectivity index (χ0) is 14.4. The number of thioether (sulfide) groups is 1. The van der Waals surface area contributed by atoms with Gasteiger partial charge in [-0.1, -0.05) is 56.0 Å². The number of hydrogen-bond acceptors (Lipinski definition) is 5. The summed E-state index contributed by atoms with van der Waals surface area (Å²) < 4.78 is 1.74. The van der Waals surface area contributed by atoms with Crippen LogP contribution in [0.4, 0.5) is 0 Å². The van der Waals surface area contributed by atoms with Crippen molar-refractivity contribution in [1.29, 1.82) is 0 Å². The monoisotopic (exact) mass is 289 g/mol. The molecule has 0 saturated carbocycles. The molecule has 0 bridgehead atoms. The second kappa shape index (κ2) is 7.21. The van der Waals surface area contributed by atoms with Crippen LogP contribution in [-0.2, 0) is 0 Å². The van der Waals surface area contributed by atoms with E-state index in [4.69, 9.17) is 0 Å². The van der Waals surface area contributed by atoms with Gasteiger partial charge in [0.1, 0.15) is 0 Å². The minimum atomic E-state index is 0.464. The Morgan fingerprint density at radius 3 is 2.80 bits per heavy atom. The van der Waals surface area contributed by atoms with E-state index in [1.807, 2.05) is 30.3 Å². The first-order valence-corrected chi connectivity index (χ1v) is 7.52. The first kappa shape index (κ1) is 14.7. The summed E-state index contributed by atoms with van der Waals surface area (Å²) in [6.07, 6.45) is 0. The smallest absolute Gasteiger partial charge is 0.214 e. The molecule has 1 aromatic carbocycles. The lowest BCUT2D eigenvalue weighted by molar-refractivity contribution is 0.623. The Hall–Kier alpha value is -1.66. The molecule has 0 atom stereocenters. The van der Waals surface area contributed by atoms with E-state index in [-0.39, 0.29) is 0 Å². The Labute approximate surface area is 123 Å². The van der Waals surface area contributed by atoms with Crippen molar-refractivity contribution in [2.24, 2.45) is 0 Å². The predicted octanol–water partition coefficient (Wildman–Crippen LogP) is 2.31. The first-order valence-electron chi connectivity index (χ1n) is 6.53. The van der Waals surface area contributed by atoms with Crippen LogP contribution in [0.2, 0.25) is 0 Å². The van der Waals surface area contributed by atoms with Gasteiger partial charge in [-0.05, 0) is 22.6 Å². The average molecular weight is 289 g/mol. The highest BCUT2D eigenvalue weighted by atomic mass is 32.2. The molecule has 0 aliphatic rings. The van der Waals surface area contributed by atoms with Crippen molar-refractivity contribution >= 4 is 11.8 Å². The SMILES string of the molecule is C=C(CNC(C)C)CSc1nnnn1-c1ccccc1. The van der Waals surface area contributed by atoms with Crippen molar-refractivity contribution in [3.05, 3.63) is 42.5 Å². The van der Waals surface area contributed by atoms with E-state index < -0.39 is 0 Å². The van der Waals surface area contributed by atoms with E-state index in [0.29, 0.717) is 6.04 Å². The maximum atomic E-state index is 4.07. The Bertz CT molecular complexity index is 550. The fourth-order valence-corrected chi connectivity index (χ4v) is 2.36. The third kappa shape index (κ3) is 4.18. The van der Waals surface area contributed by atoms with Crippen LogP contribution in [0.25, 0.3) is 5.69 Å². The lowest BCUT2D eigenvalue weighted by Gasteiger charge is -2.10. The number of hydrogen-bond donors (Lipinski definition) is 1. The number of benzene rings is 1. The summed E-state index contributed by atoms with van der Waals surface area (Å²) in [7, 11) is 0. The van der Waals surface area contributed by atoms with Gasteiger partial charge in [0, 0.05) is 18.3 Å². The van der Waals surface area contributed by atoms with E-state index in [1.54, 1.807) is 16.4 Å². The van der Waals surface area contributed by atoms with Crippen molar-refractivity contribution in [3.63, 3.8) is 0 Å². The molecule has 0 radical (unpaired) electrons. The Morgan fingerprint density at radius 1 is 1.35 bits per heavy atom. The topological polar surface area (TPSA) is 55.6 Å². The summed E-state index contributed by atoms with van der Waals surface area (Å²) in [6.45, 7) is 9.13. The third-order valence-electron chi connectivity index (χ3n) is 2.61. The standard InChI is InChI=1S/C14H19N5S/c1-11(2)15-9-12(3)10-20-14-16-17-18-19(14)13-7-5-4-6-8-13/h4-8,11,15H,3,9-10H2,1-2H3. The fourth-order valence-electron chi connectivity index (χ4n) is 1.57. The highest BCUT2D eigenvalue weighted by molar-refractivity contribution is 7.99. The van der Waals surface area contributed by atoms with E-state index in [1.165, 1.54) is 0 Å². The van der Waals surface area contributed by atoms with Gasteiger partial charge in [0.2, 0.25) is 5.16 Å². The molecule has 6 heteroatoms. The third-order valence-corrected chi connectivity index (χ3v) is 3.67. The van der Waals surface area contributed by atoms with Gasteiger partial charge in [0.15, 0.2) is 0 Å². The highest BCUT2D eigenvalue weighted by Crippen LogP contribution is 2.19. The summed E-state index contributed by atoms with van der Waals surface area (Å²) in [6, 6.07) is 10.3. The van der Waals surface area contributed by atoms with Crippen LogP contribution < -0.4 is 5.32 Å². The average Bonchev–Trinajstić information content (AvgIpc) is 2.92. The summed E-state index contributed by atoms with van der Waals surface area (Å²) in [5.74, 6) is 0.799. The number of rotatable bonds is 7. The van der Waals surface area contributed by atoms with E-state index in [0.717, 1.165) is 28.7 Å². The van der Waals surface area contributed by atoms with E-state index >= 15 is 0 Å². The van der Waals surface area contributed by atoms with Crippen LogP contribution in [0, 0.1) is 0 Å². The van der Waals surface area contributed by atoms with Gasteiger partial charge in [0.25, 0.3) is 0 Å². The number of tetrazole rings is 1. The van der Waals surface area contributed by atoms with Crippen LogP contribution in [0.1, 0.15) is 13.8 Å². The molecule has 0 amide bonds. The van der Waals surface area contributed by atoms with Gasteiger partial charge in [-0.3, -0.25) is 0 Å². The van der Waals surface area contributed by atoms with Gasteiger partial charge in [-0.2, -0.15) is 4.68 Å². The van der Waals surface area contributed by atoms with Gasteiger partial charge in [-0.25, -0.2) is 0 Å². The molecular weight excluding hydrogens is 270 g/mol. The Morgan fingerprint density at radius 2 is 2.10 bits per heavy atom. The lowest BCUT2D eigenvalue weighted by Crippen LogP contribution is -2.25. The number of nitrogens with one attached hydrogen (secondary N) is 1. The molecular formula is C14H19N5S. The van der Waals surface area contributed by atoms with Crippen molar-refractivity contribution in [2.75, 3.05) is 12.3 Å². The molecule has 0 spiro atoms. The second-order valence-electron chi connectivity index (χ2n) is 4.78. The molecule has 106 valence electrons. The minimum absolute atomic E-state index is 0.464. The Balaban J connectivity index is 1.95. The van der Waals surface area contributed by atoms with Crippen molar-refractivity contribution in [1.82, 2.24) is 25.5 Å². The Kier molecular flexibility index (Phi) is 5.31. The molecule has 5 nitrogen and oxygen atoms in total. The largest absolute Gasteiger partial charge is 0.311 e. The fraction of sp³-hybridized carbons (Fsp3) is 0.357. The molecule has 2 rings (SSSR count). The lowest BCUT2D eigenvalue weighted by atomic mass is 10.3. The number of aromatic nitrogens is 4. The molecule has 0 fully saturated rings. The number of nitrogens with zero attached hydrogens (tertiary/aromatic N) is 4. The van der Waals surface area contributed by atoms with Gasteiger partial charge in [0.05, 0.1) is 5.69 Å². The van der Waals surface area contributed by atoms with Crippen LogP contribution in [-0.4, -0.2) is 38.5 Å². The van der Waals surface area contributed by atoms with Crippen molar-refractivity contribution < 1.29 is 0 Å². The van der Waals surface area contributed by atoms with Crippen LogP contribution in [0.5, 0.6) is 0 Å². The van der Waals surface area contributed by atoms with Gasteiger partial charge < -0.3 is 5.32 Å². The number of para-hydroxylation sites is 1. The molecule has 2 aromatic rings. The molecule has 1 heterocycles. The zero-order valence-electron chi connectivity index (χ0n) is 11.8. The zero-order valence-corrected chi connectivity index (χ0v) is 12.6. The van der Waals surface area contributed by atoms with Crippen LogP contribution in [0.15, 0.2) is 47.6 Å². The molecule has 1 aromatic heterocycles. The normalized spacial score (nSPS) is 10.9. The molecule has 1 N–H and O–H groups in total. The second-order valence-corrected chi connectivity index (χ2v) is 5.73. The maximum Gasteiger partial charge on any atom is 0.214 e. The molecule has 0 aliphatic carbocycles. The van der Waals surface area contributed by atoms with Crippen molar-refractivity contribution in [2.45, 2.75) is 25.0 Å². The predicted molar refractivity (Wildman–Crippen MR) is 82.2 cm³/mol. The van der Waals surface area contributed by atoms with Gasteiger partial charge in [-0.15, -0.1) is 5.10 Å². The summed E-state index contributed by atoms with van der Waals surface area (Å²) >= 11 is 1.60. The van der Waals surface area contributed by atoms with E-state index in [9.17, 15) is 0 Å². The highest BCUT2D eigenvalue weighted by Gasteiger charge is 2.09. The molecule has 0 saturated heterocycles.